The Labute approximate surface area is 40.6 Å². The van der Waals surface area contributed by atoms with Crippen molar-refractivity contribution in [3.8, 4) is 0 Å². The molecule has 2 heteroatoms. The molecule has 0 aliphatic heterocycles. The highest BCUT2D eigenvalue weighted by molar-refractivity contribution is 4.51. The Morgan fingerprint density at radius 1 is 1.67 bits per heavy atom. The lowest BCUT2D eigenvalue weighted by Gasteiger charge is -1.31. The van der Waals surface area contributed by atoms with Gasteiger partial charge < -0.3 is 11.3 Å². The van der Waals surface area contributed by atoms with Crippen molar-refractivity contribution in [1.82, 2.24) is 6.15 Å². The number of hydrogen-bond donors (Lipinski definition) is 2. The lowest BCUT2D eigenvalue weighted by Crippen LogP contribution is -1.25. The average Bonchev–Trinajstić information content (AvgIpc) is 1.46. The van der Waals surface area contributed by atoms with Crippen molar-refractivity contribution in [1.29, 1.82) is 0 Å². The van der Waals surface area contributed by atoms with Gasteiger partial charge in [0.25, 0.3) is 0 Å². The Morgan fingerprint density at radius 2 is 1.67 bits per heavy atom. The quantitative estimate of drug-likeness (QED) is 0.439. The predicted octanol–water partition coefficient (Wildman–Crippen LogP) is 1.08. The third kappa shape index (κ3) is 224. The van der Waals surface area contributed by atoms with E-state index in [9.17, 15) is 0 Å². The van der Waals surface area contributed by atoms with Gasteiger partial charge in [0.2, 0.25) is 0 Å². The summed E-state index contributed by atoms with van der Waals surface area (Å²) in [6, 6.07) is 0. The Bertz CT molecular complexity index is 19.2. The zero-order chi connectivity index (χ0) is 4.71. The minimum Gasteiger partial charge on any atom is -0.400 e. The molecule has 40 valence electrons. The zero-order valence-corrected chi connectivity index (χ0v) is 4.44. The summed E-state index contributed by atoms with van der Waals surface area (Å²) in [6.45, 7) is 5.25. The minimum atomic E-state index is 0. The fraction of sp³-hybridized carbons (Fsp3) is 0.500. The maximum Gasteiger partial charge on any atom is 1.00 e. The summed E-state index contributed by atoms with van der Waals surface area (Å²) in [6.07, 6.45) is 1.75. The van der Waals surface area contributed by atoms with Gasteiger partial charge in [-0.3, -0.25) is 0 Å². The van der Waals surface area contributed by atoms with Crippen molar-refractivity contribution in [3.05, 3.63) is 12.7 Å². The zero-order valence-electron chi connectivity index (χ0n) is 5.44. The van der Waals surface area contributed by atoms with Gasteiger partial charge in [0.1, 0.15) is 0 Å². The maximum absolute atomic E-state index is 7.00. The number of rotatable bonds is 0. The molecule has 0 aliphatic rings. The van der Waals surface area contributed by atoms with Gasteiger partial charge in [-0.2, -0.15) is 0 Å². The van der Waals surface area contributed by atoms with Gasteiger partial charge >= 0.3 is 1.43 Å². The van der Waals surface area contributed by atoms with E-state index in [2.05, 4.69) is 6.58 Å². The van der Waals surface area contributed by atoms with Crippen molar-refractivity contribution in [2.24, 2.45) is 0 Å². The molecule has 0 rings (SSSR count). The van der Waals surface area contributed by atoms with Crippen molar-refractivity contribution >= 4 is 0 Å². The third-order valence-corrected chi connectivity index (χ3v) is 0. The van der Waals surface area contributed by atoms with Gasteiger partial charge in [-0.15, -0.1) is 6.58 Å². The van der Waals surface area contributed by atoms with Crippen LogP contribution >= 0.6 is 0 Å². The van der Waals surface area contributed by atoms with Crippen LogP contribution in [0.25, 0.3) is 0 Å². The first kappa shape index (κ1) is 17.4. The van der Waals surface area contributed by atoms with E-state index in [0.717, 1.165) is 7.11 Å². The number of hydrogen-bond acceptors (Lipinski definition) is 2. The van der Waals surface area contributed by atoms with Crippen LogP contribution in [-0.2, 0) is 0 Å². The first-order valence-electron chi connectivity index (χ1n) is 1.43. The van der Waals surface area contributed by atoms with Crippen LogP contribution in [0.5, 0.6) is 0 Å². The first-order valence-corrected chi connectivity index (χ1v) is 1.43. The summed E-state index contributed by atoms with van der Waals surface area (Å²) in [7, 11) is 1.00. The van der Waals surface area contributed by atoms with E-state index < -0.39 is 0 Å². The van der Waals surface area contributed by atoms with Crippen LogP contribution in [0.3, 0.4) is 0 Å². The summed E-state index contributed by atoms with van der Waals surface area (Å²) in [5.74, 6) is 0. The molecule has 0 aromatic carbocycles. The molecule has 0 saturated carbocycles. The fourth-order valence-electron chi connectivity index (χ4n) is 0. The third-order valence-electron chi connectivity index (χ3n) is 0. The van der Waals surface area contributed by atoms with Gasteiger partial charge in [-0.25, -0.2) is 0 Å². The standard InChI is InChI=1S/C3H6.CH4O.H3N/c1-3-2;1-2;/h3H,1H2,2H3;2H,1H3;1H3/p+1. The van der Waals surface area contributed by atoms with E-state index in [1.54, 1.807) is 6.08 Å². The summed E-state index contributed by atoms with van der Waals surface area (Å²) in [5.41, 5.74) is 0. The number of allylic oxidation sites excluding steroid dienone is 1. The molecule has 0 fully saturated rings. The van der Waals surface area contributed by atoms with Crippen LogP contribution < -0.4 is 6.15 Å². The van der Waals surface area contributed by atoms with Crippen LogP contribution in [0.2, 0.25) is 0 Å². The molecule has 0 unspecified atom stereocenters. The van der Waals surface area contributed by atoms with E-state index in [1.165, 1.54) is 0 Å². The maximum atomic E-state index is 7.00. The van der Waals surface area contributed by atoms with Crippen molar-refractivity contribution in [2.75, 3.05) is 7.11 Å². The molecule has 0 bridgehead atoms. The Morgan fingerprint density at radius 3 is 1.67 bits per heavy atom. The van der Waals surface area contributed by atoms with Crippen molar-refractivity contribution < 1.29 is 6.53 Å². The Hall–Kier alpha value is -0.340. The number of aliphatic hydroxyl groups is 1. The van der Waals surface area contributed by atoms with E-state index in [0.29, 0.717) is 0 Å². The molecule has 0 radical (unpaired) electrons. The SMILES string of the molecule is C=CC.CO.N.[H+]. The normalized spacial score (nSPS) is 3.17. The molecule has 0 spiro atoms. The van der Waals surface area contributed by atoms with Gasteiger partial charge in [-0.05, 0) is 6.92 Å². The molecule has 0 aromatic rings. The molecular weight excluding hydrogens is 78.0 g/mol. The van der Waals surface area contributed by atoms with Crippen molar-refractivity contribution in [3.63, 3.8) is 0 Å². The topological polar surface area (TPSA) is 55.2 Å². The van der Waals surface area contributed by atoms with Gasteiger partial charge in [0, 0.05) is 7.11 Å². The second-order valence-electron chi connectivity index (χ2n) is 0.408. The molecule has 0 aromatic heterocycles. The summed E-state index contributed by atoms with van der Waals surface area (Å²) < 4.78 is 0. The average molecular weight is 92.2 g/mol. The monoisotopic (exact) mass is 92.1 g/mol. The lowest BCUT2D eigenvalue weighted by molar-refractivity contribution is 0.399. The predicted molar refractivity (Wildman–Crippen MR) is 30.1 cm³/mol. The minimum absolute atomic E-state index is 0. The summed E-state index contributed by atoms with van der Waals surface area (Å²) >= 11 is 0. The Kier molecular flexibility index (Phi) is 415. The lowest BCUT2D eigenvalue weighted by atomic mass is 10.8. The van der Waals surface area contributed by atoms with E-state index in [1.807, 2.05) is 6.92 Å². The molecule has 4 N–H and O–H groups in total. The Balaban J connectivity index is -0.0000000105. The second kappa shape index (κ2) is 143. The van der Waals surface area contributed by atoms with Crippen LogP contribution in [0.15, 0.2) is 12.7 Å². The molecule has 0 amide bonds. The summed E-state index contributed by atoms with van der Waals surface area (Å²) in [4.78, 5) is 0. The largest absolute Gasteiger partial charge is 1.00 e. The molecule has 0 saturated heterocycles. The molecule has 0 heterocycles. The molecule has 2 nitrogen and oxygen atoms in total. The van der Waals surface area contributed by atoms with Crippen molar-refractivity contribution in [2.45, 2.75) is 6.92 Å². The van der Waals surface area contributed by atoms with E-state index in [4.69, 9.17) is 5.11 Å². The molecule has 6 heavy (non-hydrogen) atoms. The summed E-state index contributed by atoms with van der Waals surface area (Å²) in [5, 5.41) is 7.00. The molecule has 0 aliphatic carbocycles. The highest BCUT2D eigenvalue weighted by Gasteiger charge is 1.15. The second-order valence-corrected chi connectivity index (χ2v) is 0.408. The van der Waals surface area contributed by atoms with E-state index in [-0.39, 0.29) is 7.58 Å². The highest BCUT2D eigenvalue weighted by atomic mass is 16.2. The smallest absolute Gasteiger partial charge is 0.400 e. The first-order chi connectivity index (χ1) is 2.41. The van der Waals surface area contributed by atoms with Crippen LogP contribution in [0, 0.1) is 0 Å². The van der Waals surface area contributed by atoms with E-state index >= 15 is 0 Å². The van der Waals surface area contributed by atoms with Gasteiger partial charge in [-0.1, -0.05) is 6.08 Å². The van der Waals surface area contributed by atoms with Gasteiger partial charge in [0.05, 0.1) is 0 Å². The molecular formula is C4H14NO+. The number of aliphatic hydroxyl groups excluding tert-OH is 1. The van der Waals surface area contributed by atoms with Crippen LogP contribution in [0.1, 0.15) is 8.35 Å². The fourth-order valence-corrected chi connectivity index (χ4v) is 0. The molecule has 0 atom stereocenters. The van der Waals surface area contributed by atoms with Gasteiger partial charge in [0.15, 0.2) is 0 Å². The van der Waals surface area contributed by atoms with Crippen LogP contribution in [0.4, 0.5) is 0 Å². The highest BCUT2D eigenvalue weighted by Crippen LogP contribution is 1.38. The van der Waals surface area contributed by atoms with Crippen LogP contribution in [-0.4, -0.2) is 12.2 Å².